The Bertz CT molecular complexity index is 632. The smallest absolute Gasteiger partial charge is 0.165 e. The fourth-order valence-electron chi connectivity index (χ4n) is 1.86. The first-order valence-corrected chi connectivity index (χ1v) is 7.01. The van der Waals surface area contributed by atoms with Gasteiger partial charge in [0.25, 0.3) is 0 Å². The average Bonchev–Trinajstić information content (AvgIpc) is 2.43. The Labute approximate surface area is 128 Å². The molecule has 3 nitrogen and oxygen atoms in total. The van der Waals surface area contributed by atoms with Gasteiger partial charge in [-0.2, -0.15) is 0 Å². The Morgan fingerprint density at radius 3 is 2.71 bits per heavy atom. The van der Waals surface area contributed by atoms with Crippen molar-refractivity contribution in [1.82, 2.24) is 0 Å². The number of benzene rings is 2. The van der Waals surface area contributed by atoms with Crippen molar-refractivity contribution in [1.29, 1.82) is 0 Å². The highest BCUT2D eigenvalue weighted by Crippen LogP contribution is 2.29. The SMILES string of the molecule is CC(C)Oc1ccc(NCc2cccc(F)c2O)cc1Cl. The predicted octanol–water partition coefficient (Wildman–Crippen LogP) is 4.58. The third-order valence-electron chi connectivity index (χ3n) is 2.85. The third-order valence-corrected chi connectivity index (χ3v) is 3.14. The highest BCUT2D eigenvalue weighted by atomic mass is 35.5. The van der Waals surface area contributed by atoms with Gasteiger partial charge in [-0.15, -0.1) is 0 Å². The molecule has 5 heteroatoms. The van der Waals surface area contributed by atoms with E-state index in [0.717, 1.165) is 5.69 Å². The number of nitrogens with one attached hydrogen (secondary N) is 1. The van der Waals surface area contributed by atoms with Crippen LogP contribution in [0.15, 0.2) is 36.4 Å². The van der Waals surface area contributed by atoms with Crippen LogP contribution in [-0.4, -0.2) is 11.2 Å². The van der Waals surface area contributed by atoms with Crippen molar-refractivity contribution in [3.8, 4) is 11.5 Å². The van der Waals surface area contributed by atoms with Crippen LogP contribution < -0.4 is 10.1 Å². The topological polar surface area (TPSA) is 41.5 Å². The van der Waals surface area contributed by atoms with Crippen molar-refractivity contribution < 1.29 is 14.2 Å². The molecule has 0 heterocycles. The predicted molar refractivity (Wildman–Crippen MR) is 82.6 cm³/mol. The van der Waals surface area contributed by atoms with Crippen molar-refractivity contribution in [2.45, 2.75) is 26.5 Å². The van der Waals surface area contributed by atoms with Crippen LogP contribution in [0, 0.1) is 5.82 Å². The lowest BCUT2D eigenvalue weighted by Crippen LogP contribution is -2.06. The zero-order valence-electron chi connectivity index (χ0n) is 11.9. The second-order valence-electron chi connectivity index (χ2n) is 4.91. The lowest BCUT2D eigenvalue weighted by molar-refractivity contribution is 0.242. The molecule has 0 fully saturated rings. The Morgan fingerprint density at radius 1 is 1.29 bits per heavy atom. The highest BCUT2D eigenvalue weighted by Gasteiger charge is 2.08. The molecule has 0 aliphatic carbocycles. The molecule has 0 spiro atoms. The number of para-hydroxylation sites is 1. The fraction of sp³-hybridized carbons (Fsp3) is 0.250. The zero-order valence-corrected chi connectivity index (χ0v) is 12.6. The van der Waals surface area contributed by atoms with Gasteiger partial charge >= 0.3 is 0 Å². The quantitative estimate of drug-likeness (QED) is 0.849. The van der Waals surface area contributed by atoms with E-state index in [-0.39, 0.29) is 11.9 Å². The lowest BCUT2D eigenvalue weighted by Gasteiger charge is -2.13. The number of hydrogen-bond acceptors (Lipinski definition) is 3. The van der Waals surface area contributed by atoms with Crippen LogP contribution in [0.2, 0.25) is 5.02 Å². The van der Waals surface area contributed by atoms with E-state index < -0.39 is 5.82 Å². The molecule has 2 aromatic carbocycles. The molecule has 2 N–H and O–H groups in total. The van der Waals surface area contributed by atoms with Gasteiger partial charge in [0.1, 0.15) is 5.75 Å². The van der Waals surface area contributed by atoms with Crippen molar-refractivity contribution in [2.75, 3.05) is 5.32 Å². The molecule has 0 atom stereocenters. The summed E-state index contributed by atoms with van der Waals surface area (Å²) >= 11 is 6.14. The molecule has 0 saturated carbocycles. The number of ether oxygens (including phenoxy) is 1. The number of aromatic hydroxyl groups is 1. The molecule has 0 amide bonds. The Morgan fingerprint density at radius 2 is 2.05 bits per heavy atom. The molecule has 112 valence electrons. The maximum Gasteiger partial charge on any atom is 0.165 e. The van der Waals surface area contributed by atoms with Gasteiger partial charge in [0.15, 0.2) is 11.6 Å². The van der Waals surface area contributed by atoms with E-state index in [2.05, 4.69) is 5.32 Å². The number of hydrogen-bond donors (Lipinski definition) is 2. The van der Waals surface area contributed by atoms with E-state index in [1.807, 2.05) is 19.9 Å². The maximum atomic E-state index is 13.2. The summed E-state index contributed by atoms with van der Waals surface area (Å²) in [6, 6.07) is 9.75. The first kappa shape index (κ1) is 15.4. The van der Waals surface area contributed by atoms with E-state index in [0.29, 0.717) is 22.9 Å². The minimum Gasteiger partial charge on any atom is -0.505 e. The van der Waals surface area contributed by atoms with Gasteiger partial charge in [0, 0.05) is 17.8 Å². The first-order valence-electron chi connectivity index (χ1n) is 6.64. The van der Waals surface area contributed by atoms with Crippen LogP contribution in [0.3, 0.4) is 0 Å². The average molecular weight is 310 g/mol. The third kappa shape index (κ3) is 4.02. The molecular weight excluding hydrogens is 293 g/mol. The molecule has 0 aliphatic heterocycles. The number of phenolic OH excluding ortho intramolecular Hbond substituents is 1. The molecule has 0 saturated heterocycles. The summed E-state index contributed by atoms with van der Waals surface area (Å²) in [5.41, 5.74) is 1.24. The van der Waals surface area contributed by atoms with Gasteiger partial charge in [0.2, 0.25) is 0 Å². The molecule has 0 radical (unpaired) electrons. The van der Waals surface area contributed by atoms with Crippen molar-refractivity contribution >= 4 is 17.3 Å². The second kappa shape index (κ2) is 6.68. The highest BCUT2D eigenvalue weighted by molar-refractivity contribution is 6.32. The molecular formula is C16H17ClFNO2. The molecule has 0 unspecified atom stereocenters. The van der Waals surface area contributed by atoms with Gasteiger partial charge in [-0.3, -0.25) is 0 Å². The summed E-state index contributed by atoms with van der Waals surface area (Å²) in [6.07, 6.45) is 0.0468. The van der Waals surface area contributed by atoms with Crippen LogP contribution in [-0.2, 0) is 6.54 Å². The Hall–Kier alpha value is -1.94. The van der Waals surface area contributed by atoms with Crippen LogP contribution in [0.1, 0.15) is 19.4 Å². The van der Waals surface area contributed by atoms with Crippen molar-refractivity contribution in [3.05, 3.63) is 52.8 Å². The van der Waals surface area contributed by atoms with E-state index in [9.17, 15) is 9.50 Å². The van der Waals surface area contributed by atoms with E-state index in [1.54, 1.807) is 24.3 Å². The second-order valence-corrected chi connectivity index (χ2v) is 5.32. The number of phenols is 1. The summed E-state index contributed by atoms with van der Waals surface area (Å²) in [6.45, 7) is 4.15. The van der Waals surface area contributed by atoms with Crippen LogP contribution in [0.25, 0.3) is 0 Å². The van der Waals surface area contributed by atoms with Gasteiger partial charge in [0.05, 0.1) is 11.1 Å². The van der Waals surface area contributed by atoms with Gasteiger partial charge in [-0.1, -0.05) is 23.7 Å². The molecule has 0 bridgehead atoms. The minimum absolute atomic E-state index is 0.0468. The molecule has 2 rings (SSSR count). The van der Waals surface area contributed by atoms with Crippen molar-refractivity contribution in [3.63, 3.8) is 0 Å². The standard InChI is InChI=1S/C16H17ClFNO2/c1-10(2)21-15-7-6-12(8-13(15)17)19-9-11-4-3-5-14(18)16(11)20/h3-8,10,19-20H,9H2,1-2H3. The molecule has 0 aromatic heterocycles. The Balaban J connectivity index is 2.07. The molecule has 0 aliphatic rings. The summed E-state index contributed by atoms with van der Waals surface area (Å²) in [7, 11) is 0. The molecule has 21 heavy (non-hydrogen) atoms. The summed E-state index contributed by atoms with van der Waals surface area (Å²) in [5.74, 6) is -0.352. The van der Waals surface area contributed by atoms with Gasteiger partial charge in [-0.25, -0.2) is 4.39 Å². The van der Waals surface area contributed by atoms with E-state index >= 15 is 0 Å². The zero-order chi connectivity index (χ0) is 15.4. The van der Waals surface area contributed by atoms with Crippen LogP contribution in [0.4, 0.5) is 10.1 Å². The number of rotatable bonds is 5. The summed E-state index contributed by atoms with van der Waals surface area (Å²) in [5, 5.41) is 13.2. The summed E-state index contributed by atoms with van der Waals surface area (Å²) < 4.78 is 18.8. The van der Waals surface area contributed by atoms with Crippen LogP contribution in [0.5, 0.6) is 11.5 Å². The van der Waals surface area contributed by atoms with Gasteiger partial charge < -0.3 is 15.2 Å². The normalized spacial score (nSPS) is 10.7. The minimum atomic E-state index is -0.631. The lowest BCUT2D eigenvalue weighted by atomic mass is 10.2. The van der Waals surface area contributed by atoms with Gasteiger partial charge in [-0.05, 0) is 38.1 Å². The van der Waals surface area contributed by atoms with Crippen LogP contribution >= 0.6 is 11.6 Å². The maximum absolute atomic E-state index is 13.2. The number of anilines is 1. The Kier molecular flexibility index (Phi) is 4.91. The first-order chi connectivity index (χ1) is 9.97. The largest absolute Gasteiger partial charge is 0.505 e. The van der Waals surface area contributed by atoms with E-state index in [1.165, 1.54) is 6.07 Å². The number of halogens is 2. The van der Waals surface area contributed by atoms with Crippen molar-refractivity contribution in [2.24, 2.45) is 0 Å². The van der Waals surface area contributed by atoms with E-state index in [4.69, 9.17) is 16.3 Å². The monoisotopic (exact) mass is 309 g/mol. The molecule has 2 aromatic rings. The summed E-state index contributed by atoms with van der Waals surface area (Å²) in [4.78, 5) is 0. The fourth-order valence-corrected chi connectivity index (χ4v) is 2.09.